The third-order valence-electron chi connectivity index (χ3n) is 3.18. The first-order valence-corrected chi connectivity index (χ1v) is 6.43. The van der Waals surface area contributed by atoms with Gasteiger partial charge < -0.3 is 4.42 Å². The molecule has 1 N–H and O–H groups in total. The molecular weight excluding hydrogens is 313 g/mol. The molecule has 0 aliphatic carbocycles. The van der Waals surface area contributed by atoms with E-state index in [1.165, 1.54) is 24.7 Å². The van der Waals surface area contributed by atoms with Crippen LogP contribution in [0.3, 0.4) is 0 Å². The molecule has 2 aromatic rings. The van der Waals surface area contributed by atoms with Gasteiger partial charge in [0.05, 0.1) is 23.8 Å². The first-order chi connectivity index (χ1) is 10.9. The lowest BCUT2D eigenvalue weighted by molar-refractivity contribution is -0.137. The fraction of sp³-hybridized carbons (Fsp3) is 0.0667. The molecule has 0 radical (unpaired) electrons. The maximum absolute atomic E-state index is 12.7. The third kappa shape index (κ3) is 2.83. The van der Waals surface area contributed by atoms with E-state index < -0.39 is 23.6 Å². The summed E-state index contributed by atoms with van der Waals surface area (Å²) in [6.07, 6.45) is -0.540. The van der Waals surface area contributed by atoms with E-state index in [9.17, 15) is 22.8 Å². The minimum Gasteiger partial charge on any atom is -0.472 e. The van der Waals surface area contributed by atoms with Crippen LogP contribution in [0.4, 0.5) is 18.9 Å². The third-order valence-corrected chi connectivity index (χ3v) is 3.18. The van der Waals surface area contributed by atoms with E-state index in [2.05, 4.69) is 5.43 Å². The molecule has 1 aliphatic heterocycles. The number of hydrogen-bond acceptors (Lipinski definition) is 3. The summed E-state index contributed by atoms with van der Waals surface area (Å²) < 4.78 is 43.1. The van der Waals surface area contributed by atoms with Crippen LogP contribution >= 0.6 is 0 Å². The molecule has 1 fully saturated rings. The van der Waals surface area contributed by atoms with E-state index >= 15 is 0 Å². The van der Waals surface area contributed by atoms with Gasteiger partial charge in [-0.1, -0.05) is 6.07 Å². The zero-order valence-electron chi connectivity index (χ0n) is 11.4. The minimum atomic E-state index is -4.54. The number of furan rings is 1. The predicted octanol–water partition coefficient (Wildman–Crippen LogP) is 2.76. The summed E-state index contributed by atoms with van der Waals surface area (Å²) in [7, 11) is 0. The van der Waals surface area contributed by atoms with Crippen LogP contribution in [0.1, 0.15) is 11.1 Å². The first kappa shape index (κ1) is 14.9. The predicted molar refractivity (Wildman–Crippen MR) is 73.8 cm³/mol. The summed E-state index contributed by atoms with van der Waals surface area (Å²) in [6.45, 7) is 0. The van der Waals surface area contributed by atoms with Crippen LogP contribution in [0.15, 0.2) is 52.8 Å². The molecule has 1 aromatic carbocycles. The van der Waals surface area contributed by atoms with Crippen molar-refractivity contribution in [3.8, 4) is 0 Å². The second-order valence-corrected chi connectivity index (χ2v) is 4.74. The molecular formula is C15H9F3N2O3. The molecule has 5 nitrogen and oxygen atoms in total. The van der Waals surface area contributed by atoms with Gasteiger partial charge >= 0.3 is 6.18 Å². The highest BCUT2D eigenvalue weighted by atomic mass is 19.4. The Kier molecular flexibility index (Phi) is 3.44. The number of amides is 2. The van der Waals surface area contributed by atoms with Crippen LogP contribution in [-0.2, 0) is 15.8 Å². The van der Waals surface area contributed by atoms with Crippen LogP contribution in [0.5, 0.6) is 0 Å². The lowest BCUT2D eigenvalue weighted by Gasteiger charge is -2.16. The Hall–Kier alpha value is -3.03. The average Bonchev–Trinajstić information content (AvgIpc) is 3.10. The molecule has 2 amide bonds. The zero-order valence-corrected chi connectivity index (χ0v) is 11.4. The molecule has 1 aliphatic rings. The summed E-state index contributed by atoms with van der Waals surface area (Å²) in [5.74, 6) is -1.44. The van der Waals surface area contributed by atoms with E-state index in [1.807, 2.05) is 0 Å². The number of carbonyl (C=O) groups is 2. The van der Waals surface area contributed by atoms with Crippen LogP contribution in [0.2, 0.25) is 0 Å². The second-order valence-electron chi connectivity index (χ2n) is 4.74. The maximum Gasteiger partial charge on any atom is 0.416 e. The Morgan fingerprint density at radius 2 is 1.96 bits per heavy atom. The van der Waals surface area contributed by atoms with Gasteiger partial charge in [-0.2, -0.15) is 13.2 Å². The van der Waals surface area contributed by atoms with Gasteiger partial charge in [-0.15, -0.1) is 0 Å². The Morgan fingerprint density at radius 1 is 1.17 bits per heavy atom. The first-order valence-electron chi connectivity index (χ1n) is 6.43. The van der Waals surface area contributed by atoms with Crippen molar-refractivity contribution in [2.45, 2.75) is 6.18 Å². The smallest absolute Gasteiger partial charge is 0.416 e. The molecule has 0 bridgehead atoms. The van der Waals surface area contributed by atoms with Crippen LogP contribution in [0, 0.1) is 0 Å². The average molecular weight is 322 g/mol. The molecule has 0 unspecified atom stereocenters. The molecule has 23 heavy (non-hydrogen) atoms. The van der Waals surface area contributed by atoms with Gasteiger partial charge in [0.15, 0.2) is 0 Å². The number of carbonyl (C=O) groups excluding carboxylic acids is 2. The fourth-order valence-corrected chi connectivity index (χ4v) is 2.08. The number of nitrogens with one attached hydrogen (secondary N) is 1. The van der Waals surface area contributed by atoms with Gasteiger partial charge in [-0.25, -0.2) is 5.01 Å². The summed E-state index contributed by atoms with van der Waals surface area (Å²) in [6, 6.07) is 5.68. The molecule has 0 atom stereocenters. The molecule has 0 saturated carbocycles. The van der Waals surface area contributed by atoms with Crippen molar-refractivity contribution >= 4 is 23.6 Å². The second kappa shape index (κ2) is 5.31. The molecule has 1 saturated heterocycles. The van der Waals surface area contributed by atoms with Gasteiger partial charge in [0.25, 0.3) is 11.8 Å². The number of hydrazine groups is 1. The van der Waals surface area contributed by atoms with E-state index in [0.29, 0.717) is 5.56 Å². The van der Waals surface area contributed by atoms with E-state index in [4.69, 9.17) is 4.42 Å². The van der Waals surface area contributed by atoms with Crippen LogP contribution < -0.4 is 10.4 Å². The van der Waals surface area contributed by atoms with E-state index in [0.717, 1.165) is 23.2 Å². The number of rotatable bonds is 2. The monoisotopic (exact) mass is 322 g/mol. The fourth-order valence-electron chi connectivity index (χ4n) is 2.08. The summed E-state index contributed by atoms with van der Waals surface area (Å²) >= 11 is 0. The Bertz CT molecular complexity index is 795. The quantitative estimate of drug-likeness (QED) is 0.683. The molecule has 118 valence electrons. The highest BCUT2D eigenvalue weighted by molar-refractivity contribution is 6.31. The van der Waals surface area contributed by atoms with Crippen molar-refractivity contribution in [2.24, 2.45) is 0 Å². The largest absolute Gasteiger partial charge is 0.472 e. The van der Waals surface area contributed by atoms with Crippen LogP contribution in [-0.4, -0.2) is 11.8 Å². The van der Waals surface area contributed by atoms with Gasteiger partial charge in [-0.3, -0.25) is 15.0 Å². The standard InChI is InChI=1S/C15H9F3N2O3/c16-15(17,18)10-2-1-3-11(7-10)20-14(22)12(13(21)19-20)6-9-4-5-23-8-9/h1-8H,(H,19,21). The summed E-state index contributed by atoms with van der Waals surface area (Å²) in [5, 5.41) is 0.781. The highest BCUT2D eigenvalue weighted by Gasteiger charge is 2.36. The van der Waals surface area contributed by atoms with Gasteiger partial charge in [0, 0.05) is 5.56 Å². The van der Waals surface area contributed by atoms with Gasteiger partial charge in [-0.05, 0) is 30.3 Å². The molecule has 0 spiro atoms. The lowest BCUT2D eigenvalue weighted by atomic mass is 10.1. The molecule has 8 heteroatoms. The van der Waals surface area contributed by atoms with E-state index in [1.54, 1.807) is 6.07 Å². The number of benzene rings is 1. The number of hydrogen-bond donors (Lipinski definition) is 1. The minimum absolute atomic E-state index is 0.0752. The number of alkyl halides is 3. The van der Waals surface area contributed by atoms with Crippen molar-refractivity contribution in [1.29, 1.82) is 0 Å². The lowest BCUT2D eigenvalue weighted by Crippen LogP contribution is -2.35. The molecule has 3 rings (SSSR count). The van der Waals surface area contributed by atoms with Crippen LogP contribution in [0.25, 0.3) is 6.08 Å². The SMILES string of the molecule is O=C1NN(c2cccc(C(F)(F)F)c2)C(=O)C1=Cc1ccoc1. The summed E-state index contributed by atoms with van der Waals surface area (Å²) in [4.78, 5) is 24.1. The Labute approximate surface area is 128 Å². The number of halogens is 3. The van der Waals surface area contributed by atoms with Gasteiger partial charge in [0.1, 0.15) is 5.57 Å². The normalized spacial score (nSPS) is 17.0. The summed E-state index contributed by atoms with van der Waals surface area (Å²) in [5.41, 5.74) is 1.56. The topological polar surface area (TPSA) is 62.6 Å². The van der Waals surface area contributed by atoms with Crippen molar-refractivity contribution in [3.05, 3.63) is 59.6 Å². The Balaban J connectivity index is 1.94. The van der Waals surface area contributed by atoms with E-state index in [-0.39, 0.29) is 11.3 Å². The van der Waals surface area contributed by atoms with Crippen molar-refractivity contribution < 1.29 is 27.2 Å². The Morgan fingerprint density at radius 3 is 2.61 bits per heavy atom. The molecule has 1 aromatic heterocycles. The highest BCUT2D eigenvalue weighted by Crippen LogP contribution is 2.32. The maximum atomic E-state index is 12.7. The zero-order chi connectivity index (χ0) is 16.6. The molecule has 2 heterocycles. The number of anilines is 1. The van der Waals surface area contributed by atoms with Gasteiger partial charge in [0.2, 0.25) is 0 Å². The van der Waals surface area contributed by atoms with Crippen molar-refractivity contribution in [1.82, 2.24) is 5.43 Å². The van der Waals surface area contributed by atoms with Crippen molar-refractivity contribution in [2.75, 3.05) is 5.01 Å². The van der Waals surface area contributed by atoms with Crippen molar-refractivity contribution in [3.63, 3.8) is 0 Å². The number of nitrogens with zero attached hydrogens (tertiary/aromatic N) is 1.